The van der Waals surface area contributed by atoms with Crippen molar-refractivity contribution in [2.24, 2.45) is 0 Å². The number of hydrogen-bond donors (Lipinski definition) is 1. The van der Waals surface area contributed by atoms with Crippen molar-refractivity contribution >= 4 is 0 Å². The standard InChI is InChI=1S/C18H23NO/c1-19(2)14-18(13-16-9-5-3-6-10-16)20-15-17-11-7-4-8-12-17/h3-12,18H,13-15H2,1-2H3/p+1/t18-/m1/s1. The predicted molar refractivity (Wildman–Crippen MR) is 82.8 cm³/mol. The first-order valence-corrected chi connectivity index (χ1v) is 7.22. The van der Waals surface area contributed by atoms with Gasteiger partial charge in [-0.05, 0) is 11.1 Å². The van der Waals surface area contributed by atoms with E-state index in [-0.39, 0.29) is 6.10 Å². The molecule has 2 heteroatoms. The minimum Gasteiger partial charge on any atom is -0.367 e. The molecule has 106 valence electrons. The third-order valence-corrected chi connectivity index (χ3v) is 3.27. The molecule has 0 spiro atoms. The lowest BCUT2D eigenvalue weighted by atomic mass is 10.1. The van der Waals surface area contributed by atoms with E-state index in [0.717, 1.165) is 13.0 Å². The molecule has 1 N–H and O–H groups in total. The Morgan fingerprint density at radius 2 is 1.40 bits per heavy atom. The molecule has 0 saturated carbocycles. The second kappa shape index (κ2) is 7.83. The van der Waals surface area contributed by atoms with Crippen molar-refractivity contribution in [2.45, 2.75) is 19.1 Å². The highest BCUT2D eigenvalue weighted by molar-refractivity contribution is 5.16. The number of hydrogen-bond acceptors (Lipinski definition) is 1. The van der Waals surface area contributed by atoms with Crippen LogP contribution in [0.4, 0.5) is 0 Å². The van der Waals surface area contributed by atoms with Gasteiger partial charge in [0.2, 0.25) is 0 Å². The van der Waals surface area contributed by atoms with Gasteiger partial charge in [-0.1, -0.05) is 60.7 Å². The zero-order valence-corrected chi connectivity index (χ0v) is 12.4. The summed E-state index contributed by atoms with van der Waals surface area (Å²) >= 11 is 0. The maximum Gasteiger partial charge on any atom is 0.111 e. The Labute approximate surface area is 122 Å². The Kier molecular flexibility index (Phi) is 5.78. The summed E-state index contributed by atoms with van der Waals surface area (Å²) in [7, 11) is 4.34. The summed E-state index contributed by atoms with van der Waals surface area (Å²) in [6, 6.07) is 21.0. The summed E-state index contributed by atoms with van der Waals surface area (Å²) in [6.07, 6.45) is 1.22. The van der Waals surface area contributed by atoms with Gasteiger partial charge in [0.05, 0.1) is 20.7 Å². The smallest absolute Gasteiger partial charge is 0.111 e. The van der Waals surface area contributed by atoms with E-state index in [2.05, 4.69) is 68.7 Å². The van der Waals surface area contributed by atoms with Gasteiger partial charge in [-0.25, -0.2) is 0 Å². The number of quaternary nitrogens is 1. The third kappa shape index (κ3) is 5.16. The molecule has 1 atom stereocenters. The molecule has 0 amide bonds. The van der Waals surface area contributed by atoms with E-state index in [1.807, 2.05) is 6.07 Å². The predicted octanol–water partition coefficient (Wildman–Crippen LogP) is 1.96. The van der Waals surface area contributed by atoms with Crippen LogP contribution in [0, 0.1) is 0 Å². The summed E-state index contributed by atoms with van der Waals surface area (Å²) in [4.78, 5) is 1.42. The molecule has 0 bridgehead atoms. The molecule has 0 fully saturated rings. The Hall–Kier alpha value is -1.64. The first kappa shape index (κ1) is 14.8. The Balaban J connectivity index is 1.93. The largest absolute Gasteiger partial charge is 0.367 e. The first-order chi connectivity index (χ1) is 9.74. The third-order valence-electron chi connectivity index (χ3n) is 3.27. The van der Waals surface area contributed by atoms with Gasteiger partial charge in [-0.2, -0.15) is 0 Å². The van der Waals surface area contributed by atoms with Crippen molar-refractivity contribution in [3.05, 3.63) is 71.8 Å². The summed E-state index contributed by atoms with van der Waals surface area (Å²) < 4.78 is 6.12. The number of ether oxygens (including phenoxy) is 1. The number of nitrogens with one attached hydrogen (secondary N) is 1. The molecular weight excluding hydrogens is 246 g/mol. The van der Waals surface area contributed by atoms with Gasteiger partial charge >= 0.3 is 0 Å². The van der Waals surface area contributed by atoms with Crippen molar-refractivity contribution in [1.29, 1.82) is 0 Å². The molecular formula is C18H24NO+. The molecule has 2 aromatic carbocycles. The van der Waals surface area contributed by atoms with Gasteiger partial charge in [0, 0.05) is 6.42 Å². The fourth-order valence-corrected chi connectivity index (χ4v) is 2.31. The van der Waals surface area contributed by atoms with E-state index < -0.39 is 0 Å². The van der Waals surface area contributed by atoms with Crippen LogP contribution in [0.15, 0.2) is 60.7 Å². The van der Waals surface area contributed by atoms with Crippen molar-refractivity contribution in [3.8, 4) is 0 Å². The fraction of sp³-hybridized carbons (Fsp3) is 0.333. The zero-order chi connectivity index (χ0) is 14.2. The van der Waals surface area contributed by atoms with E-state index >= 15 is 0 Å². The quantitative estimate of drug-likeness (QED) is 0.812. The molecule has 2 rings (SSSR count). The Morgan fingerprint density at radius 1 is 0.850 bits per heavy atom. The van der Waals surface area contributed by atoms with Crippen molar-refractivity contribution in [1.82, 2.24) is 0 Å². The topological polar surface area (TPSA) is 13.7 Å². The highest BCUT2D eigenvalue weighted by Crippen LogP contribution is 2.08. The maximum atomic E-state index is 6.12. The lowest BCUT2D eigenvalue weighted by Crippen LogP contribution is -3.07. The van der Waals surface area contributed by atoms with Crippen LogP contribution in [0.3, 0.4) is 0 Å². The van der Waals surface area contributed by atoms with Crippen LogP contribution >= 0.6 is 0 Å². The van der Waals surface area contributed by atoms with E-state index in [9.17, 15) is 0 Å². The average molecular weight is 270 g/mol. The van der Waals surface area contributed by atoms with Gasteiger partial charge in [-0.15, -0.1) is 0 Å². The Morgan fingerprint density at radius 3 is 1.95 bits per heavy atom. The lowest BCUT2D eigenvalue weighted by molar-refractivity contribution is -0.862. The van der Waals surface area contributed by atoms with E-state index in [4.69, 9.17) is 4.74 Å². The van der Waals surface area contributed by atoms with Crippen LogP contribution in [0.1, 0.15) is 11.1 Å². The van der Waals surface area contributed by atoms with E-state index in [1.165, 1.54) is 16.0 Å². The fourth-order valence-electron chi connectivity index (χ4n) is 2.31. The van der Waals surface area contributed by atoms with Crippen LogP contribution in [-0.4, -0.2) is 26.7 Å². The van der Waals surface area contributed by atoms with Crippen molar-refractivity contribution in [2.75, 3.05) is 20.6 Å². The van der Waals surface area contributed by atoms with Crippen molar-refractivity contribution < 1.29 is 9.64 Å². The lowest BCUT2D eigenvalue weighted by Gasteiger charge is -2.20. The molecule has 0 heterocycles. The van der Waals surface area contributed by atoms with E-state index in [0.29, 0.717) is 6.61 Å². The minimum absolute atomic E-state index is 0.252. The van der Waals surface area contributed by atoms with Gasteiger partial charge in [0.1, 0.15) is 12.6 Å². The molecule has 0 aliphatic heterocycles. The molecule has 2 aromatic rings. The summed E-state index contributed by atoms with van der Waals surface area (Å²) in [5.41, 5.74) is 2.58. The van der Waals surface area contributed by atoms with E-state index in [1.54, 1.807) is 0 Å². The first-order valence-electron chi connectivity index (χ1n) is 7.22. The molecule has 0 aliphatic rings. The van der Waals surface area contributed by atoms with Gasteiger partial charge in [0.25, 0.3) is 0 Å². The van der Waals surface area contributed by atoms with Crippen LogP contribution in [0.5, 0.6) is 0 Å². The number of benzene rings is 2. The monoisotopic (exact) mass is 270 g/mol. The second-order valence-electron chi connectivity index (χ2n) is 5.52. The molecule has 0 unspecified atom stereocenters. The van der Waals surface area contributed by atoms with Crippen LogP contribution in [0.25, 0.3) is 0 Å². The van der Waals surface area contributed by atoms with Crippen LogP contribution in [-0.2, 0) is 17.8 Å². The van der Waals surface area contributed by atoms with Gasteiger partial charge < -0.3 is 9.64 Å². The maximum absolute atomic E-state index is 6.12. The zero-order valence-electron chi connectivity index (χ0n) is 12.4. The number of rotatable bonds is 7. The van der Waals surface area contributed by atoms with Gasteiger partial charge in [0.15, 0.2) is 0 Å². The minimum atomic E-state index is 0.252. The second-order valence-corrected chi connectivity index (χ2v) is 5.52. The Bertz CT molecular complexity index is 481. The molecule has 20 heavy (non-hydrogen) atoms. The highest BCUT2D eigenvalue weighted by atomic mass is 16.5. The summed E-state index contributed by atoms with van der Waals surface area (Å²) in [6.45, 7) is 1.70. The summed E-state index contributed by atoms with van der Waals surface area (Å²) in [5, 5.41) is 0. The molecule has 0 saturated heterocycles. The summed E-state index contributed by atoms with van der Waals surface area (Å²) in [5.74, 6) is 0. The molecule has 0 aromatic heterocycles. The SMILES string of the molecule is C[NH+](C)C[C@@H](Cc1ccccc1)OCc1ccccc1. The highest BCUT2D eigenvalue weighted by Gasteiger charge is 2.14. The van der Waals surface area contributed by atoms with Crippen LogP contribution in [0.2, 0.25) is 0 Å². The normalized spacial score (nSPS) is 12.6. The molecule has 0 radical (unpaired) electrons. The number of likely N-dealkylation sites (N-methyl/N-ethyl adjacent to an activating group) is 1. The average Bonchev–Trinajstić information content (AvgIpc) is 2.46. The van der Waals surface area contributed by atoms with Gasteiger partial charge in [-0.3, -0.25) is 0 Å². The van der Waals surface area contributed by atoms with Crippen molar-refractivity contribution in [3.63, 3.8) is 0 Å². The van der Waals surface area contributed by atoms with Crippen LogP contribution < -0.4 is 4.90 Å². The molecule has 0 aliphatic carbocycles. The molecule has 2 nitrogen and oxygen atoms in total.